The Bertz CT molecular complexity index is 757. The molecule has 3 amide bonds. The highest BCUT2D eigenvalue weighted by Gasteiger charge is 2.54. The van der Waals surface area contributed by atoms with Crippen LogP contribution in [0.1, 0.15) is 46.1 Å². The molecule has 3 N–H and O–H groups in total. The molecule has 0 spiro atoms. The fourth-order valence-electron chi connectivity index (χ4n) is 3.62. The molecule has 3 atom stereocenters. The predicted octanol–water partition coefficient (Wildman–Crippen LogP) is 2.67. The summed E-state index contributed by atoms with van der Waals surface area (Å²) < 4.78 is 5.32. The zero-order chi connectivity index (χ0) is 21.7. The fraction of sp³-hybridized carbons (Fsp3) is 0.500. The van der Waals surface area contributed by atoms with E-state index >= 15 is 0 Å². The van der Waals surface area contributed by atoms with E-state index in [9.17, 15) is 14.4 Å². The maximum absolute atomic E-state index is 13.2. The Morgan fingerprint density at radius 2 is 1.90 bits per heavy atom. The Kier molecular flexibility index (Phi) is 7.06. The van der Waals surface area contributed by atoms with Crippen LogP contribution in [0, 0.1) is 5.92 Å². The van der Waals surface area contributed by atoms with Gasteiger partial charge in [0.05, 0.1) is 6.04 Å². The minimum atomic E-state index is -1.27. The molecule has 0 heterocycles. The molecule has 158 valence electrons. The summed E-state index contributed by atoms with van der Waals surface area (Å²) in [5, 5.41) is 8.53. The highest BCUT2D eigenvalue weighted by atomic mass is 16.5. The van der Waals surface area contributed by atoms with Crippen molar-refractivity contribution in [2.24, 2.45) is 5.92 Å². The number of rotatable bonds is 6. The van der Waals surface area contributed by atoms with Crippen molar-refractivity contribution in [1.29, 1.82) is 0 Å². The minimum absolute atomic E-state index is 0.0352. The number of carbonyl (C=O) groups excluding carboxylic acids is 3. The van der Waals surface area contributed by atoms with E-state index in [0.717, 1.165) is 5.56 Å². The Morgan fingerprint density at radius 1 is 1.24 bits per heavy atom. The van der Waals surface area contributed by atoms with Gasteiger partial charge in [-0.1, -0.05) is 36.4 Å². The molecule has 7 heteroatoms. The van der Waals surface area contributed by atoms with Gasteiger partial charge in [-0.25, -0.2) is 4.79 Å². The van der Waals surface area contributed by atoms with Gasteiger partial charge in [-0.15, -0.1) is 6.58 Å². The van der Waals surface area contributed by atoms with Gasteiger partial charge in [0.25, 0.3) is 0 Å². The highest BCUT2D eigenvalue weighted by Crippen LogP contribution is 2.36. The van der Waals surface area contributed by atoms with Crippen molar-refractivity contribution in [3.8, 4) is 0 Å². The van der Waals surface area contributed by atoms with E-state index in [1.54, 1.807) is 6.08 Å². The lowest BCUT2D eigenvalue weighted by Crippen LogP contribution is -2.68. The Morgan fingerprint density at radius 3 is 2.45 bits per heavy atom. The topological polar surface area (TPSA) is 96.5 Å². The zero-order valence-electron chi connectivity index (χ0n) is 17.6. The second kappa shape index (κ2) is 9.11. The molecular formula is C22H31N3O4. The third kappa shape index (κ3) is 6.07. The van der Waals surface area contributed by atoms with Crippen molar-refractivity contribution in [2.45, 2.75) is 64.3 Å². The largest absolute Gasteiger partial charge is 0.445 e. The summed E-state index contributed by atoms with van der Waals surface area (Å²) in [6, 6.07) is 8.69. The van der Waals surface area contributed by atoms with Gasteiger partial charge >= 0.3 is 6.09 Å². The third-order valence-corrected chi connectivity index (χ3v) is 4.85. The quantitative estimate of drug-likeness (QED) is 0.639. The van der Waals surface area contributed by atoms with Gasteiger partial charge in [-0.3, -0.25) is 9.59 Å². The molecule has 2 rings (SSSR count). The summed E-state index contributed by atoms with van der Waals surface area (Å²) >= 11 is 0. The van der Waals surface area contributed by atoms with Crippen LogP contribution in [0.3, 0.4) is 0 Å². The van der Waals surface area contributed by atoms with Crippen molar-refractivity contribution in [3.05, 3.63) is 48.6 Å². The molecule has 1 aromatic carbocycles. The normalized spacial score (nSPS) is 23.7. The number of carbonyl (C=O) groups is 3. The molecule has 29 heavy (non-hydrogen) atoms. The summed E-state index contributed by atoms with van der Waals surface area (Å²) in [4.78, 5) is 37.6. The molecule has 1 saturated carbocycles. The number of ether oxygens (including phenoxy) is 1. The number of allylic oxidation sites excluding steroid dienone is 1. The van der Waals surface area contributed by atoms with Crippen LogP contribution in [0.4, 0.5) is 4.79 Å². The van der Waals surface area contributed by atoms with E-state index in [4.69, 9.17) is 4.74 Å². The molecule has 0 aliphatic heterocycles. The van der Waals surface area contributed by atoms with Crippen LogP contribution < -0.4 is 16.0 Å². The Hall–Kier alpha value is -2.83. The van der Waals surface area contributed by atoms with E-state index in [-0.39, 0.29) is 24.3 Å². The van der Waals surface area contributed by atoms with Crippen LogP contribution >= 0.6 is 0 Å². The Balaban J connectivity index is 2.19. The number of benzene rings is 1. The van der Waals surface area contributed by atoms with Crippen molar-refractivity contribution in [3.63, 3.8) is 0 Å². The Labute approximate surface area is 172 Å². The van der Waals surface area contributed by atoms with E-state index in [2.05, 4.69) is 22.5 Å². The first-order valence-electron chi connectivity index (χ1n) is 9.77. The fourth-order valence-corrected chi connectivity index (χ4v) is 3.62. The zero-order valence-corrected chi connectivity index (χ0v) is 17.6. The first kappa shape index (κ1) is 22.5. The van der Waals surface area contributed by atoms with Gasteiger partial charge in [-0.05, 0) is 45.1 Å². The second-order valence-electron chi connectivity index (χ2n) is 8.55. The summed E-state index contributed by atoms with van der Waals surface area (Å²) in [6.45, 7) is 10.9. The van der Waals surface area contributed by atoms with Gasteiger partial charge in [0.15, 0.2) is 0 Å². The molecule has 1 aliphatic carbocycles. The molecule has 1 aromatic rings. The lowest BCUT2D eigenvalue weighted by molar-refractivity contribution is -0.134. The maximum atomic E-state index is 13.2. The molecule has 1 aliphatic rings. The smallest absolute Gasteiger partial charge is 0.407 e. The maximum Gasteiger partial charge on any atom is 0.407 e. The number of amides is 3. The van der Waals surface area contributed by atoms with Gasteiger partial charge < -0.3 is 20.7 Å². The van der Waals surface area contributed by atoms with Gasteiger partial charge in [-0.2, -0.15) is 0 Å². The van der Waals surface area contributed by atoms with Crippen LogP contribution in [0.5, 0.6) is 0 Å². The van der Waals surface area contributed by atoms with E-state index in [1.165, 1.54) is 6.92 Å². The first-order valence-corrected chi connectivity index (χ1v) is 9.77. The molecule has 3 unspecified atom stereocenters. The van der Waals surface area contributed by atoms with Crippen molar-refractivity contribution < 1.29 is 19.1 Å². The summed E-state index contributed by atoms with van der Waals surface area (Å²) in [5.41, 5.74) is -0.909. The molecule has 0 bridgehead atoms. The number of hydrogen-bond donors (Lipinski definition) is 3. The molecule has 0 saturated heterocycles. The van der Waals surface area contributed by atoms with Crippen LogP contribution in [0.2, 0.25) is 0 Å². The lowest BCUT2D eigenvalue weighted by Gasteiger charge is -2.37. The first-order chi connectivity index (χ1) is 13.6. The molecular weight excluding hydrogens is 370 g/mol. The van der Waals surface area contributed by atoms with Crippen LogP contribution in [-0.4, -0.2) is 35.0 Å². The van der Waals surface area contributed by atoms with Crippen molar-refractivity contribution in [1.82, 2.24) is 16.0 Å². The summed E-state index contributed by atoms with van der Waals surface area (Å²) in [5.74, 6) is -0.715. The lowest BCUT2D eigenvalue weighted by atomic mass is 9.89. The average Bonchev–Trinajstić information content (AvgIpc) is 2.97. The number of alkyl carbamates (subject to hydrolysis) is 1. The predicted molar refractivity (Wildman–Crippen MR) is 111 cm³/mol. The number of nitrogens with one attached hydrogen (secondary N) is 3. The van der Waals surface area contributed by atoms with Crippen LogP contribution in [0.15, 0.2) is 43.0 Å². The van der Waals surface area contributed by atoms with E-state index < -0.39 is 23.2 Å². The molecule has 0 radical (unpaired) electrons. The second-order valence-corrected chi connectivity index (χ2v) is 8.55. The van der Waals surface area contributed by atoms with Crippen LogP contribution in [-0.2, 0) is 20.9 Å². The summed E-state index contributed by atoms with van der Waals surface area (Å²) in [7, 11) is 0. The standard InChI is InChI=1S/C22H31N3O4/c1-6-16-12-18(23-20(28)29-14-17-10-8-7-9-11-17)22(13-16,24-15(2)26)19(27)25-21(3,4)5/h6-11,16,18H,1,12-14H2,2-5H3,(H,23,28)(H,24,26)(H,25,27). The van der Waals surface area contributed by atoms with Gasteiger partial charge in [0.2, 0.25) is 11.8 Å². The van der Waals surface area contributed by atoms with E-state index in [1.807, 2.05) is 51.1 Å². The van der Waals surface area contributed by atoms with Crippen molar-refractivity contribution in [2.75, 3.05) is 0 Å². The monoisotopic (exact) mass is 401 g/mol. The van der Waals surface area contributed by atoms with Gasteiger partial charge in [0, 0.05) is 12.5 Å². The average molecular weight is 402 g/mol. The number of hydrogen-bond acceptors (Lipinski definition) is 4. The molecule has 7 nitrogen and oxygen atoms in total. The van der Waals surface area contributed by atoms with E-state index in [0.29, 0.717) is 12.8 Å². The van der Waals surface area contributed by atoms with Crippen LogP contribution in [0.25, 0.3) is 0 Å². The molecule has 1 fully saturated rings. The summed E-state index contributed by atoms with van der Waals surface area (Å²) in [6.07, 6.45) is 1.93. The highest BCUT2D eigenvalue weighted by molar-refractivity contribution is 5.93. The molecule has 0 aromatic heterocycles. The van der Waals surface area contributed by atoms with Gasteiger partial charge in [0.1, 0.15) is 12.1 Å². The van der Waals surface area contributed by atoms with Crippen molar-refractivity contribution >= 4 is 17.9 Å². The third-order valence-electron chi connectivity index (χ3n) is 4.85. The SMILES string of the molecule is C=CC1CC(NC(=O)OCc2ccccc2)C(NC(C)=O)(C(=O)NC(C)(C)C)C1. The minimum Gasteiger partial charge on any atom is -0.445 e.